The first-order valence-electron chi connectivity index (χ1n) is 6.24. The summed E-state index contributed by atoms with van der Waals surface area (Å²) in [6.07, 6.45) is 5.06. The molecule has 1 fully saturated rings. The molecule has 2 heterocycles. The van der Waals surface area contributed by atoms with Gasteiger partial charge in [-0.25, -0.2) is 0 Å². The molecule has 0 bridgehead atoms. The number of hydrogen-bond donors (Lipinski definition) is 1. The minimum atomic E-state index is -0.151. The molecular weight excluding hydrogens is 232 g/mol. The summed E-state index contributed by atoms with van der Waals surface area (Å²) in [7, 11) is 3.51. The van der Waals surface area contributed by atoms with Crippen molar-refractivity contribution < 1.29 is 9.53 Å². The maximum atomic E-state index is 12.2. The maximum absolute atomic E-state index is 12.2. The third-order valence-electron chi connectivity index (χ3n) is 3.16. The summed E-state index contributed by atoms with van der Waals surface area (Å²) >= 11 is 0. The van der Waals surface area contributed by atoms with Crippen molar-refractivity contribution in [3.63, 3.8) is 0 Å². The zero-order valence-corrected chi connectivity index (χ0v) is 10.9. The molecule has 1 atom stereocenters. The SMILES string of the molecule is CN(CC1CCCCO1)C(=O)c1nn(C)cc1N. The van der Waals surface area contributed by atoms with Gasteiger partial charge in [0.25, 0.3) is 5.91 Å². The number of hydrogen-bond acceptors (Lipinski definition) is 4. The Morgan fingerprint density at radius 1 is 1.67 bits per heavy atom. The highest BCUT2D eigenvalue weighted by molar-refractivity contribution is 5.96. The molecule has 1 aliphatic rings. The van der Waals surface area contributed by atoms with Gasteiger partial charge >= 0.3 is 0 Å². The first-order valence-corrected chi connectivity index (χ1v) is 6.24. The molecule has 0 saturated carbocycles. The fourth-order valence-electron chi connectivity index (χ4n) is 2.19. The van der Waals surface area contributed by atoms with Gasteiger partial charge in [-0.15, -0.1) is 0 Å². The van der Waals surface area contributed by atoms with Crippen LogP contribution in [-0.4, -0.2) is 46.9 Å². The molecular formula is C12H20N4O2. The monoisotopic (exact) mass is 252 g/mol. The van der Waals surface area contributed by atoms with E-state index >= 15 is 0 Å². The molecule has 1 aliphatic heterocycles. The summed E-state index contributed by atoms with van der Waals surface area (Å²) < 4.78 is 7.17. The first-order chi connectivity index (χ1) is 8.58. The smallest absolute Gasteiger partial charge is 0.276 e. The standard InChI is InChI=1S/C12H20N4O2/c1-15(7-9-5-3-4-6-18-9)12(17)11-10(13)8-16(2)14-11/h8-9H,3-7,13H2,1-2H3. The van der Waals surface area contributed by atoms with Crippen molar-refractivity contribution in [3.8, 4) is 0 Å². The number of nitrogens with two attached hydrogens (primary N) is 1. The van der Waals surface area contributed by atoms with Crippen LogP contribution in [0.1, 0.15) is 29.8 Å². The molecule has 100 valence electrons. The normalized spacial score (nSPS) is 19.8. The summed E-state index contributed by atoms with van der Waals surface area (Å²) in [6.45, 7) is 1.38. The molecule has 1 aromatic heterocycles. The van der Waals surface area contributed by atoms with E-state index in [2.05, 4.69) is 5.10 Å². The van der Waals surface area contributed by atoms with Gasteiger partial charge in [-0.1, -0.05) is 0 Å². The van der Waals surface area contributed by atoms with Crippen LogP contribution in [0.4, 0.5) is 5.69 Å². The van der Waals surface area contributed by atoms with E-state index in [4.69, 9.17) is 10.5 Å². The van der Waals surface area contributed by atoms with E-state index in [1.807, 2.05) is 0 Å². The highest BCUT2D eigenvalue weighted by Crippen LogP contribution is 2.15. The molecule has 0 radical (unpaired) electrons. The number of anilines is 1. The van der Waals surface area contributed by atoms with E-state index < -0.39 is 0 Å². The van der Waals surface area contributed by atoms with Crippen LogP contribution in [0.5, 0.6) is 0 Å². The van der Waals surface area contributed by atoms with Crippen LogP contribution in [0.2, 0.25) is 0 Å². The highest BCUT2D eigenvalue weighted by Gasteiger charge is 2.22. The topological polar surface area (TPSA) is 73.4 Å². The molecule has 0 spiro atoms. The highest BCUT2D eigenvalue weighted by atomic mass is 16.5. The number of carbonyl (C=O) groups is 1. The summed E-state index contributed by atoms with van der Waals surface area (Å²) in [5, 5.41) is 4.08. The zero-order chi connectivity index (χ0) is 13.1. The summed E-state index contributed by atoms with van der Waals surface area (Å²) in [4.78, 5) is 13.8. The minimum absolute atomic E-state index is 0.137. The van der Waals surface area contributed by atoms with Crippen molar-refractivity contribution in [2.24, 2.45) is 7.05 Å². The van der Waals surface area contributed by atoms with E-state index in [1.165, 1.54) is 6.42 Å². The number of nitrogen functional groups attached to an aromatic ring is 1. The number of ether oxygens (including phenoxy) is 1. The number of rotatable bonds is 3. The summed E-state index contributed by atoms with van der Waals surface area (Å²) in [5.74, 6) is -0.151. The van der Waals surface area contributed by atoms with Gasteiger partial charge in [-0.3, -0.25) is 9.48 Å². The van der Waals surface area contributed by atoms with Crippen LogP contribution in [0.25, 0.3) is 0 Å². The Balaban J connectivity index is 1.97. The van der Waals surface area contributed by atoms with Gasteiger partial charge in [-0.05, 0) is 19.3 Å². The Bertz CT molecular complexity index is 424. The van der Waals surface area contributed by atoms with Gasteiger partial charge < -0.3 is 15.4 Å². The second-order valence-electron chi connectivity index (χ2n) is 4.78. The lowest BCUT2D eigenvalue weighted by Gasteiger charge is -2.27. The van der Waals surface area contributed by atoms with Crippen molar-refractivity contribution in [1.82, 2.24) is 14.7 Å². The van der Waals surface area contributed by atoms with E-state index in [0.29, 0.717) is 17.9 Å². The number of amides is 1. The average molecular weight is 252 g/mol. The van der Waals surface area contributed by atoms with Gasteiger partial charge in [0.1, 0.15) is 0 Å². The van der Waals surface area contributed by atoms with Crippen molar-refractivity contribution in [2.45, 2.75) is 25.4 Å². The Kier molecular flexibility index (Phi) is 3.86. The summed E-state index contributed by atoms with van der Waals surface area (Å²) in [5.41, 5.74) is 6.48. The Morgan fingerprint density at radius 2 is 2.44 bits per heavy atom. The molecule has 1 unspecified atom stereocenters. The number of nitrogens with zero attached hydrogens (tertiary/aromatic N) is 3. The molecule has 0 aromatic carbocycles. The van der Waals surface area contributed by atoms with E-state index in [0.717, 1.165) is 19.4 Å². The predicted octanol–water partition coefficient (Wildman–Crippen LogP) is 0.643. The second kappa shape index (κ2) is 5.39. The van der Waals surface area contributed by atoms with Crippen LogP contribution in [0, 0.1) is 0 Å². The number of aromatic nitrogens is 2. The third-order valence-corrected chi connectivity index (χ3v) is 3.16. The molecule has 6 nitrogen and oxygen atoms in total. The maximum Gasteiger partial charge on any atom is 0.276 e. The molecule has 2 rings (SSSR count). The molecule has 1 aromatic rings. The van der Waals surface area contributed by atoms with Gasteiger partial charge in [0.05, 0.1) is 11.8 Å². The Labute approximate surface area is 107 Å². The Hall–Kier alpha value is -1.56. The molecule has 0 aliphatic carbocycles. The van der Waals surface area contributed by atoms with Gasteiger partial charge in [0.15, 0.2) is 5.69 Å². The summed E-state index contributed by atoms with van der Waals surface area (Å²) in [6, 6.07) is 0. The predicted molar refractivity (Wildman–Crippen MR) is 68.2 cm³/mol. The fourth-order valence-corrected chi connectivity index (χ4v) is 2.19. The minimum Gasteiger partial charge on any atom is -0.396 e. The zero-order valence-electron chi connectivity index (χ0n) is 10.9. The molecule has 1 amide bonds. The van der Waals surface area contributed by atoms with Crippen molar-refractivity contribution in [3.05, 3.63) is 11.9 Å². The number of aryl methyl sites for hydroxylation is 1. The lowest BCUT2D eigenvalue weighted by atomic mass is 10.1. The van der Waals surface area contributed by atoms with Crippen molar-refractivity contribution in [2.75, 3.05) is 25.9 Å². The first kappa shape index (κ1) is 12.9. The van der Waals surface area contributed by atoms with Crippen LogP contribution >= 0.6 is 0 Å². The molecule has 2 N–H and O–H groups in total. The van der Waals surface area contributed by atoms with Gasteiger partial charge in [0.2, 0.25) is 0 Å². The Morgan fingerprint density at radius 3 is 3.00 bits per heavy atom. The third kappa shape index (κ3) is 2.81. The van der Waals surface area contributed by atoms with Crippen LogP contribution in [0.15, 0.2) is 6.20 Å². The van der Waals surface area contributed by atoms with Crippen LogP contribution in [0.3, 0.4) is 0 Å². The largest absolute Gasteiger partial charge is 0.396 e. The lowest BCUT2D eigenvalue weighted by molar-refractivity contribution is -0.000284. The van der Waals surface area contributed by atoms with E-state index in [1.54, 1.807) is 29.9 Å². The molecule has 18 heavy (non-hydrogen) atoms. The van der Waals surface area contributed by atoms with E-state index in [-0.39, 0.29) is 12.0 Å². The molecule has 1 saturated heterocycles. The quantitative estimate of drug-likeness (QED) is 0.857. The van der Waals surface area contributed by atoms with Gasteiger partial charge in [-0.2, -0.15) is 5.10 Å². The van der Waals surface area contributed by atoms with E-state index in [9.17, 15) is 4.79 Å². The van der Waals surface area contributed by atoms with Crippen LogP contribution < -0.4 is 5.73 Å². The lowest BCUT2D eigenvalue weighted by Crippen LogP contribution is -2.37. The average Bonchev–Trinajstić information content (AvgIpc) is 2.68. The molecule has 6 heteroatoms. The van der Waals surface area contributed by atoms with Crippen LogP contribution in [-0.2, 0) is 11.8 Å². The number of likely N-dealkylation sites (N-methyl/N-ethyl adjacent to an activating group) is 1. The van der Waals surface area contributed by atoms with Crippen molar-refractivity contribution in [1.29, 1.82) is 0 Å². The van der Waals surface area contributed by atoms with Gasteiger partial charge in [0, 0.05) is 33.4 Å². The van der Waals surface area contributed by atoms with Crippen molar-refractivity contribution >= 4 is 11.6 Å². The second-order valence-corrected chi connectivity index (χ2v) is 4.78. The fraction of sp³-hybridized carbons (Fsp3) is 0.667. The number of carbonyl (C=O) groups excluding carboxylic acids is 1.